The van der Waals surface area contributed by atoms with Crippen molar-refractivity contribution in [2.24, 2.45) is 0 Å². The van der Waals surface area contributed by atoms with Gasteiger partial charge in [-0.2, -0.15) is 0 Å². The van der Waals surface area contributed by atoms with E-state index in [-0.39, 0.29) is 29.4 Å². The molecule has 0 aliphatic carbocycles. The summed E-state index contributed by atoms with van der Waals surface area (Å²) in [5.41, 5.74) is 0.176. The summed E-state index contributed by atoms with van der Waals surface area (Å²) < 4.78 is 0. The van der Waals surface area contributed by atoms with E-state index >= 15 is 0 Å². The molecule has 0 bridgehead atoms. The maximum atomic E-state index is 11.4. The van der Waals surface area contributed by atoms with E-state index in [9.17, 15) is 4.79 Å². The van der Waals surface area contributed by atoms with E-state index in [1.165, 1.54) is 12.4 Å². The van der Waals surface area contributed by atoms with Crippen LogP contribution in [0.15, 0.2) is 12.4 Å². The molecule has 0 radical (unpaired) electrons. The summed E-state index contributed by atoms with van der Waals surface area (Å²) in [6.45, 7) is 1.56. The van der Waals surface area contributed by atoms with Gasteiger partial charge in [-0.25, -0.2) is 9.97 Å². The molecule has 1 atom stereocenters. The molecule has 0 saturated carbocycles. The Hall–Kier alpha value is -1.20. The summed E-state index contributed by atoms with van der Waals surface area (Å²) in [6, 6.07) is -0.306. The quantitative estimate of drug-likeness (QED) is 0.758. The smallest absolute Gasteiger partial charge is 0.271 e. The van der Waals surface area contributed by atoms with Gasteiger partial charge in [0.05, 0.1) is 19.0 Å². The molecule has 1 rings (SSSR count). The molecule has 0 aliphatic rings. The average molecular weight is 216 g/mol. The molecule has 6 heteroatoms. The number of nitrogens with one attached hydrogen (secondary N) is 1. The number of nitrogens with zero attached hydrogens (tertiary/aromatic N) is 2. The number of amides is 1. The van der Waals surface area contributed by atoms with Gasteiger partial charge in [0.25, 0.3) is 5.91 Å². The van der Waals surface area contributed by atoms with Crippen LogP contribution in [0.1, 0.15) is 17.4 Å². The lowest BCUT2D eigenvalue weighted by molar-refractivity contribution is 0.0917. The second-order valence-corrected chi connectivity index (χ2v) is 3.17. The number of carbonyl (C=O) groups is 1. The molecule has 2 N–H and O–H groups in total. The van der Waals surface area contributed by atoms with Crippen molar-refractivity contribution in [3.8, 4) is 0 Å². The second kappa shape index (κ2) is 4.88. The van der Waals surface area contributed by atoms with Crippen molar-refractivity contribution in [3.05, 3.63) is 23.2 Å². The highest BCUT2D eigenvalue weighted by Gasteiger charge is 2.10. The highest BCUT2D eigenvalue weighted by Crippen LogP contribution is 2.01. The first-order valence-corrected chi connectivity index (χ1v) is 4.40. The number of aliphatic hydroxyl groups is 1. The normalized spacial score (nSPS) is 12.2. The summed E-state index contributed by atoms with van der Waals surface area (Å²) in [5, 5.41) is 11.5. The van der Waals surface area contributed by atoms with Gasteiger partial charge in [0.15, 0.2) is 0 Å². The average Bonchev–Trinajstić information content (AvgIpc) is 2.18. The van der Waals surface area contributed by atoms with Crippen molar-refractivity contribution in [3.63, 3.8) is 0 Å². The van der Waals surface area contributed by atoms with E-state index in [4.69, 9.17) is 16.7 Å². The van der Waals surface area contributed by atoms with Crippen LogP contribution in [0.25, 0.3) is 0 Å². The van der Waals surface area contributed by atoms with Crippen molar-refractivity contribution in [1.82, 2.24) is 15.3 Å². The molecule has 1 heterocycles. The fraction of sp³-hybridized carbons (Fsp3) is 0.375. The predicted octanol–water partition coefficient (Wildman–Crippen LogP) is 0.241. The Morgan fingerprint density at radius 1 is 1.64 bits per heavy atom. The van der Waals surface area contributed by atoms with Crippen molar-refractivity contribution in [1.29, 1.82) is 0 Å². The van der Waals surface area contributed by atoms with Crippen LogP contribution in [0.2, 0.25) is 5.15 Å². The lowest BCUT2D eigenvalue weighted by atomic mass is 10.3. The third-order valence-corrected chi connectivity index (χ3v) is 1.70. The number of aliphatic hydroxyl groups excluding tert-OH is 1. The minimum absolute atomic E-state index is 0.118. The number of hydrogen-bond donors (Lipinski definition) is 2. The topological polar surface area (TPSA) is 75.1 Å². The maximum absolute atomic E-state index is 11.4. The van der Waals surface area contributed by atoms with Crippen LogP contribution in [0, 0.1) is 0 Å². The van der Waals surface area contributed by atoms with Gasteiger partial charge in [-0.05, 0) is 6.92 Å². The SMILES string of the molecule is CC(CO)NC(=O)c1cnc(Cl)cn1. The standard InChI is InChI=1S/C8H10ClN3O2/c1-5(4-13)12-8(14)6-2-11-7(9)3-10-6/h2-3,5,13H,4H2,1H3,(H,12,14). The first-order chi connectivity index (χ1) is 6.63. The maximum Gasteiger partial charge on any atom is 0.271 e. The number of hydrogen-bond acceptors (Lipinski definition) is 4. The van der Waals surface area contributed by atoms with Crippen LogP contribution in [-0.2, 0) is 0 Å². The van der Waals surface area contributed by atoms with Gasteiger partial charge in [0, 0.05) is 6.04 Å². The summed E-state index contributed by atoms with van der Waals surface area (Å²) in [5.74, 6) is -0.379. The highest BCUT2D eigenvalue weighted by atomic mass is 35.5. The second-order valence-electron chi connectivity index (χ2n) is 2.78. The molecular weight excluding hydrogens is 206 g/mol. The van der Waals surface area contributed by atoms with Gasteiger partial charge < -0.3 is 10.4 Å². The van der Waals surface area contributed by atoms with Crippen molar-refractivity contribution >= 4 is 17.5 Å². The summed E-state index contributed by atoms with van der Waals surface area (Å²) >= 11 is 5.50. The Morgan fingerprint density at radius 2 is 2.36 bits per heavy atom. The lowest BCUT2D eigenvalue weighted by Crippen LogP contribution is -2.35. The van der Waals surface area contributed by atoms with Crippen molar-refractivity contribution < 1.29 is 9.90 Å². The van der Waals surface area contributed by atoms with Crippen LogP contribution in [0.5, 0.6) is 0 Å². The van der Waals surface area contributed by atoms with Gasteiger partial charge in [-0.1, -0.05) is 11.6 Å². The fourth-order valence-electron chi connectivity index (χ4n) is 0.773. The largest absolute Gasteiger partial charge is 0.394 e. The van der Waals surface area contributed by atoms with E-state index in [1.54, 1.807) is 6.92 Å². The van der Waals surface area contributed by atoms with E-state index in [0.29, 0.717) is 0 Å². The molecule has 0 fully saturated rings. The zero-order valence-corrected chi connectivity index (χ0v) is 8.32. The molecule has 0 aromatic carbocycles. The summed E-state index contributed by atoms with van der Waals surface area (Å²) in [6.07, 6.45) is 2.57. The van der Waals surface area contributed by atoms with E-state index < -0.39 is 0 Å². The third kappa shape index (κ3) is 2.93. The van der Waals surface area contributed by atoms with Crippen molar-refractivity contribution in [2.45, 2.75) is 13.0 Å². The number of halogens is 1. The molecule has 14 heavy (non-hydrogen) atoms. The zero-order chi connectivity index (χ0) is 10.6. The molecule has 0 aliphatic heterocycles. The summed E-state index contributed by atoms with van der Waals surface area (Å²) in [7, 11) is 0. The molecular formula is C8H10ClN3O2. The highest BCUT2D eigenvalue weighted by molar-refractivity contribution is 6.29. The van der Waals surface area contributed by atoms with Gasteiger partial charge in [-0.3, -0.25) is 4.79 Å². The summed E-state index contributed by atoms with van der Waals surface area (Å²) in [4.78, 5) is 18.8. The zero-order valence-electron chi connectivity index (χ0n) is 7.57. The minimum atomic E-state index is -0.379. The molecule has 76 valence electrons. The molecule has 0 spiro atoms. The fourth-order valence-corrected chi connectivity index (χ4v) is 0.871. The molecule has 0 saturated heterocycles. The Bertz CT molecular complexity index is 315. The van der Waals surface area contributed by atoms with E-state index in [0.717, 1.165) is 0 Å². The molecule has 1 aromatic rings. The van der Waals surface area contributed by atoms with Gasteiger partial charge in [-0.15, -0.1) is 0 Å². The minimum Gasteiger partial charge on any atom is -0.394 e. The molecule has 5 nitrogen and oxygen atoms in total. The van der Waals surface area contributed by atoms with Crippen LogP contribution in [-0.4, -0.2) is 33.6 Å². The Labute approximate surface area is 86.1 Å². The molecule has 1 aromatic heterocycles. The molecule has 1 amide bonds. The monoisotopic (exact) mass is 215 g/mol. The van der Waals surface area contributed by atoms with Gasteiger partial charge in [0.1, 0.15) is 10.8 Å². The third-order valence-electron chi connectivity index (χ3n) is 1.50. The van der Waals surface area contributed by atoms with E-state index in [2.05, 4.69) is 15.3 Å². The van der Waals surface area contributed by atoms with E-state index in [1.807, 2.05) is 0 Å². The van der Waals surface area contributed by atoms with Gasteiger partial charge in [0.2, 0.25) is 0 Å². The van der Waals surface area contributed by atoms with Crippen LogP contribution in [0.4, 0.5) is 0 Å². The van der Waals surface area contributed by atoms with Crippen molar-refractivity contribution in [2.75, 3.05) is 6.61 Å². The number of aromatic nitrogens is 2. The molecule has 1 unspecified atom stereocenters. The Balaban J connectivity index is 2.65. The lowest BCUT2D eigenvalue weighted by Gasteiger charge is -2.09. The number of rotatable bonds is 3. The predicted molar refractivity (Wildman–Crippen MR) is 51.1 cm³/mol. The van der Waals surface area contributed by atoms with Crippen LogP contribution < -0.4 is 5.32 Å². The number of carbonyl (C=O) groups excluding carboxylic acids is 1. The Morgan fingerprint density at radius 3 is 2.86 bits per heavy atom. The Kier molecular flexibility index (Phi) is 3.79. The first-order valence-electron chi connectivity index (χ1n) is 4.02. The van der Waals surface area contributed by atoms with Crippen LogP contribution in [0.3, 0.4) is 0 Å². The van der Waals surface area contributed by atoms with Gasteiger partial charge >= 0.3 is 0 Å². The first kappa shape index (κ1) is 10.9. The van der Waals surface area contributed by atoms with Crippen LogP contribution >= 0.6 is 11.6 Å².